The molecule has 23 heavy (non-hydrogen) atoms. The summed E-state index contributed by atoms with van der Waals surface area (Å²) in [5.74, 6) is -1.51. The smallest absolute Gasteiger partial charge is 0.325 e. The van der Waals surface area contributed by atoms with Crippen LogP contribution in [0.1, 0.15) is 20.8 Å². The fraction of sp³-hybridized carbons (Fsp3) is 0.571. The number of nitrogens with zero attached hydrogens (tertiary/aromatic N) is 2. The SMILES string of the molecule is COc1cc(OC)nc(OC(C(=O)NC(C)C(=O)O)C(C)C)n1. The van der Waals surface area contributed by atoms with E-state index in [4.69, 9.17) is 19.3 Å². The van der Waals surface area contributed by atoms with Crippen LogP contribution in [0.3, 0.4) is 0 Å². The second-order valence-corrected chi connectivity index (χ2v) is 5.09. The Labute approximate surface area is 134 Å². The Morgan fingerprint density at radius 2 is 1.65 bits per heavy atom. The maximum Gasteiger partial charge on any atom is 0.325 e. The zero-order valence-corrected chi connectivity index (χ0v) is 13.7. The highest BCUT2D eigenvalue weighted by Gasteiger charge is 2.28. The van der Waals surface area contributed by atoms with Crippen LogP contribution >= 0.6 is 0 Å². The highest BCUT2D eigenvalue weighted by Crippen LogP contribution is 2.21. The van der Waals surface area contributed by atoms with Gasteiger partial charge < -0.3 is 24.6 Å². The van der Waals surface area contributed by atoms with Crippen molar-refractivity contribution in [3.63, 3.8) is 0 Å². The minimum Gasteiger partial charge on any atom is -0.481 e. The van der Waals surface area contributed by atoms with Crippen molar-refractivity contribution >= 4 is 11.9 Å². The van der Waals surface area contributed by atoms with Crippen LogP contribution in [0.15, 0.2) is 6.07 Å². The topological polar surface area (TPSA) is 120 Å². The van der Waals surface area contributed by atoms with Crippen molar-refractivity contribution in [2.24, 2.45) is 5.92 Å². The number of aromatic nitrogens is 2. The van der Waals surface area contributed by atoms with E-state index in [1.54, 1.807) is 13.8 Å². The molecule has 0 spiro atoms. The predicted molar refractivity (Wildman–Crippen MR) is 79.6 cm³/mol. The Morgan fingerprint density at radius 3 is 2.04 bits per heavy atom. The van der Waals surface area contributed by atoms with Gasteiger partial charge in [-0.2, -0.15) is 9.97 Å². The van der Waals surface area contributed by atoms with E-state index in [1.165, 1.54) is 27.2 Å². The minimum atomic E-state index is -1.14. The maximum absolute atomic E-state index is 12.2. The average molecular weight is 327 g/mol. The first-order valence-corrected chi connectivity index (χ1v) is 6.95. The van der Waals surface area contributed by atoms with E-state index in [2.05, 4.69) is 15.3 Å². The fourth-order valence-corrected chi connectivity index (χ4v) is 1.61. The number of hydrogen-bond acceptors (Lipinski definition) is 7. The van der Waals surface area contributed by atoms with E-state index in [-0.39, 0.29) is 23.7 Å². The molecule has 1 amide bonds. The van der Waals surface area contributed by atoms with Gasteiger partial charge in [-0.25, -0.2) is 0 Å². The first-order chi connectivity index (χ1) is 10.8. The Hall–Kier alpha value is -2.58. The molecule has 0 saturated heterocycles. The molecule has 0 aliphatic carbocycles. The summed E-state index contributed by atoms with van der Waals surface area (Å²) >= 11 is 0. The van der Waals surface area contributed by atoms with Gasteiger partial charge >= 0.3 is 12.0 Å². The molecule has 0 radical (unpaired) electrons. The van der Waals surface area contributed by atoms with Gasteiger partial charge in [0.15, 0.2) is 6.10 Å². The molecule has 0 bridgehead atoms. The Morgan fingerprint density at radius 1 is 1.13 bits per heavy atom. The number of amides is 1. The van der Waals surface area contributed by atoms with Gasteiger partial charge in [0, 0.05) is 0 Å². The largest absolute Gasteiger partial charge is 0.481 e. The van der Waals surface area contributed by atoms with Crippen molar-refractivity contribution in [2.75, 3.05) is 14.2 Å². The zero-order chi connectivity index (χ0) is 17.6. The van der Waals surface area contributed by atoms with Gasteiger partial charge in [0.05, 0.1) is 20.3 Å². The standard InChI is InChI=1S/C14H21N3O6/c1-7(2)11(12(18)15-8(3)13(19)20)23-14-16-9(21-4)6-10(17-14)22-5/h6-8,11H,1-5H3,(H,15,18)(H,19,20). The number of hydrogen-bond donors (Lipinski definition) is 2. The third kappa shape index (κ3) is 5.28. The molecule has 2 atom stereocenters. The van der Waals surface area contributed by atoms with E-state index in [0.29, 0.717) is 0 Å². The average Bonchev–Trinajstić information content (AvgIpc) is 2.51. The Kier molecular flexibility index (Phi) is 6.55. The van der Waals surface area contributed by atoms with Crippen molar-refractivity contribution in [3.05, 3.63) is 6.07 Å². The maximum atomic E-state index is 12.2. The number of carboxylic acids is 1. The molecule has 1 aromatic heterocycles. The Balaban J connectivity index is 2.95. The molecule has 9 heteroatoms. The molecule has 1 aromatic rings. The van der Waals surface area contributed by atoms with E-state index in [9.17, 15) is 9.59 Å². The molecule has 128 valence electrons. The van der Waals surface area contributed by atoms with Crippen LogP contribution in [0.4, 0.5) is 0 Å². The van der Waals surface area contributed by atoms with Gasteiger partial charge in [-0.15, -0.1) is 0 Å². The minimum absolute atomic E-state index is 0.0990. The molecule has 0 saturated carbocycles. The molecule has 2 unspecified atom stereocenters. The van der Waals surface area contributed by atoms with Gasteiger partial charge in [0.25, 0.3) is 5.91 Å². The quantitative estimate of drug-likeness (QED) is 0.707. The second kappa shape index (κ2) is 8.16. The molecule has 0 aliphatic heterocycles. The van der Waals surface area contributed by atoms with Gasteiger partial charge in [0.1, 0.15) is 6.04 Å². The lowest BCUT2D eigenvalue weighted by Crippen LogP contribution is -2.47. The number of methoxy groups -OCH3 is 2. The van der Waals surface area contributed by atoms with E-state index < -0.39 is 24.0 Å². The summed E-state index contributed by atoms with van der Waals surface area (Å²) in [4.78, 5) is 31.0. The summed E-state index contributed by atoms with van der Waals surface area (Å²) in [5.41, 5.74) is 0. The number of aliphatic carboxylic acids is 1. The van der Waals surface area contributed by atoms with Crippen LogP contribution in [0, 0.1) is 5.92 Å². The van der Waals surface area contributed by atoms with Crippen molar-refractivity contribution in [1.29, 1.82) is 0 Å². The van der Waals surface area contributed by atoms with Crippen LogP contribution in [0.2, 0.25) is 0 Å². The lowest BCUT2D eigenvalue weighted by atomic mass is 10.1. The summed E-state index contributed by atoms with van der Waals surface area (Å²) < 4.78 is 15.5. The summed E-state index contributed by atoms with van der Waals surface area (Å²) in [5, 5.41) is 11.2. The number of rotatable bonds is 8. The molecular weight excluding hydrogens is 306 g/mol. The van der Waals surface area contributed by atoms with Crippen LogP contribution < -0.4 is 19.5 Å². The normalized spacial score (nSPS) is 13.1. The molecule has 0 fully saturated rings. The summed E-state index contributed by atoms with van der Waals surface area (Å²) in [6.07, 6.45) is -0.964. The lowest BCUT2D eigenvalue weighted by Gasteiger charge is -2.22. The van der Waals surface area contributed by atoms with Crippen molar-refractivity contribution in [2.45, 2.75) is 32.9 Å². The third-order valence-electron chi connectivity index (χ3n) is 2.90. The van der Waals surface area contributed by atoms with Crippen LogP contribution in [0.25, 0.3) is 0 Å². The number of carboxylic acid groups (broad SMARTS) is 1. The van der Waals surface area contributed by atoms with Gasteiger partial charge in [0.2, 0.25) is 11.8 Å². The van der Waals surface area contributed by atoms with E-state index in [0.717, 1.165) is 0 Å². The lowest BCUT2D eigenvalue weighted by molar-refractivity contribution is -0.143. The van der Waals surface area contributed by atoms with Crippen LogP contribution in [0.5, 0.6) is 17.8 Å². The number of nitrogens with one attached hydrogen (secondary N) is 1. The van der Waals surface area contributed by atoms with E-state index in [1.807, 2.05) is 0 Å². The summed E-state index contributed by atoms with van der Waals surface area (Å²) in [7, 11) is 2.85. The monoisotopic (exact) mass is 327 g/mol. The molecule has 9 nitrogen and oxygen atoms in total. The number of carbonyl (C=O) groups excluding carboxylic acids is 1. The van der Waals surface area contributed by atoms with Crippen molar-refractivity contribution < 1.29 is 28.9 Å². The highest BCUT2D eigenvalue weighted by atomic mass is 16.5. The summed E-state index contributed by atoms with van der Waals surface area (Å²) in [6, 6.07) is 0.329. The Bertz CT molecular complexity index is 541. The first-order valence-electron chi connectivity index (χ1n) is 6.95. The number of carbonyl (C=O) groups is 2. The van der Waals surface area contributed by atoms with Crippen LogP contribution in [-0.4, -0.2) is 53.3 Å². The predicted octanol–water partition coefficient (Wildman–Crippen LogP) is 0.487. The van der Waals surface area contributed by atoms with E-state index >= 15 is 0 Å². The second-order valence-electron chi connectivity index (χ2n) is 5.09. The van der Waals surface area contributed by atoms with Crippen molar-refractivity contribution in [1.82, 2.24) is 15.3 Å². The number of ether oxygens (including phenoxy) is 3. The van der Waals surface area contributed by atoms with Gasteiger partial charge in [-0.05, 0) is 12.8 Å². The first kappa shape index (κ1) is 18.5. The fourth-order valence-electron chi connectivity index (χ4n) is 1.61. The highest BCUT2D eigenvalue weighted by molar-refractivity contribution is 5.86. The van der Waals surface area contributed by atoms with Gasteiger partial charge in [-0.3, -0.25) is 9.59 Å². The molecule has 0 aromatic carbocycles. The molecule has 1 heterocycles. The third-order valence-corrected chi connectivity index (χ3v) is 2.90. The summed E-state index contributed by atoms with van der Waals surface area (Å²) in [6.45, 7) is 4.88. The molecule has 1 rings (SSSR count). The van der Waals surface area contributed by atoms with Crippen LogP contribution in [-0.2, 0) is 9.59 Å². The zero-order valence-electron chi connectivity index (χ0n) is 13.7. The molecule has 2 N–H and O–H groups in total. The van der Waals surface area contributed by atoms with Gasteiger partial charge in [-0.1, -0.05) is 13.8 Å². The van der Waals surface area contributed by atoms with Crippen molar-refractivity contribution in [3.8, 4) is 17.8 Å². The molecular formula is C14H21N3O6. The molecule has 0 aliphatic rings.